The molecule has 0 amide bonds. The van der Waals surface area contributed by atoms with E-state index in [-0.39, 0.29) is 0 Å². The zero-order chi connectivity index (χ0) is 24.5. The molecule has 36 heavy (non-hydrogen) atoms. The number of fused-ring (bicyclic) bond motifs is 2. The van der Waals surface area contributed by atoms with Crippen LogP contribution >= 0.6 is 11.3 Å². The zero-order valence-electron chi connectivity index (χ0n) is 20.3. The van der Waals surface area contributed by atoms with Gasteiger partial charge >= 0.3 is 0 Å². The molecule has 6 aromatic rings. The van der Waals surface area contributed by atoms with Crippen LogP contribution in [0.2, 0.25) is 0 Å². The van der Waals surface area contributed by atoms with E-state index in [0.29, 0.717) is 0 Å². The fourth-order valence-corrected chi connectivity index (χ4v) is 5.62. The Bertz CT molecular complexity index is 1660. The fraction of sp³-hybridized carbons (Fsp3) is 0.0968. The molecule has 4 nitrogen and oxygen atoms in total. The van der Waals surface area contributed by atoms with Crippen LogP contribution in [0, 0.1) is 0 Å². The highest BCUT2D eigenvalue weighted by molar-refractivity contribution is 7.21. The number of para-hydroxylation sites is 2. The summed E-state index contributed by atoms with van der Waals surface area (Å²) in [6, 6.07) is 33.7. The molecule has 5 heteroatoms. The van der Waals surface area contributed by atoms with Gasteiger partial charge < -0.3 is 4.74 Å². The monoisotopic (exact) mass is 488 g/mol. The number of aromatic nitrogens is 3. The number of ether oxygens (including phenoxy) is 1. The smallest absolute Gasteiger partial charge is 0.287 e. The van der Waals surface area contributed by atoms with Crippen LogP contribution in [-0.2, 0) is 6.54 Å². The quantitative estimate of drug-likeness (QED) is 0.229. The maximum absolute atomic E-state index is 5.32. The van der Waals surface area contributed by atoms with E-state index in [4.69, 9.17) is 9.72 Å². The first-order valence-corrected chi connectivity index (χ1v) is 12.9. The third-order valence-corrected chi connectivity index (χ3v) is 7.51. The van der Waals surface area contributed by atoms with E-state index in [0.717, 1.165) is 45.5 Å². The van der Waals surface area contributed by atoms with Crippen molar-refractivity contribution in [1.29, 1.82) is 0 Å². The SMILES string of the molecule is CC[n+]1c(/C=C/c2ccc(OC)cc2)n(-c2ccccc2)c2ccc(-c3nc4ccccc4s3)cc21. The van der Waals surface area contributed by atoms with Crippen LogP contribution in [-0.4, -0.2) is 16.7 Å². The standard InChI is InChI=1S/C31H26N3OS/c1-3-33-28-21-23(31-32-26-11-7-8-12-29(26)36-31)16-19-27(28)34(24-9-5-4-6-10-24)30(33)20-15-22-13-17-25(35-2)18-14-22/h4-21H,3H2,1-2H3/q+1/b20-15+. The number of imidazole rings is 1. The predicted molar refractivity (Wildman–Crippen MR) is 150 cm³/mol. The normalized spacial score (nSPS) is 11.6. The largest absolute Gasteiger partial charge is 0.497 e. The summed E-state index contributed by atoms with van der Waals surface area (Å²) in [4.78, 5) is 4.90. The minimum atomic E-state index is 0.849. The van der Waals surface area contributed by atoms with Gasteiger partial charge in [-0.05, 0) is 73.2 Å². The number of methoxy groups -OCH3 is 1. The van der Waals surface area contributed by atoms with Crippen LogP contribution < -0.4 is 9.30 Å². The number of benzene rings is 4. The Morgan fingerprint density at radius 1 is 0.889 bits per heavy atom. The summed E-state index contributed by atoms with van der Waals surface area (Å²) in [5, 5.41) is 1.04. The van der Waals surface area contributed by atoms with E-state index in [1.807, 2.05) is 18.2 Å². The molecule has 176 valence electrons. The van der Waals surface area contributed by atoms with Gasteiger partial charge in [-0.25, -0.2) is 9.55 Å². The number of rotatable bonds is 6. The van der Waals surface area contributed by atoms with E-state index < -0.39 is 0 Å². The van der Waals surface area contributed by atoms with Crippen LogP contribution in [0.25, 0.3) is 49.7 Å². The van der Waals surface area contributed by atoms with Gasteiger partial charge in [0.1, 0.15) is 16.4 Å². The van der Waals surface area contributed by atoms with Gasteiger partial charge in [-0.15, -0.1) is 11.3 Å². The molecule has 0 bridgehead atoms. The van der Waals surface area contributed by atoms with Crippen molar-refractivity contribution in [3.8, 4) is 22.0 Å². The second kappa shape index (κ2) is 9.44. The first kappa shape index (κ1) is 22.3. The van der Waals surface area contributed by atoms with Gasteiger partial charge in [0.2, 0.25) is 0 Å². The van der Waals surface area contributed by atoms with Gasteiger partial charge in [0, 0.05) is 11.6 Å². The fourth-order valence-electron chi connectivity index (χ4n) is 4.66. The highest BCUT2D eigenvalue weighted by atomic mass is 32.1. The summed E-state index contributed by atoms with van der Waals surface area (Å²) >= 11 is 1.74. The molecule has 0 N–H and O–H groups in total. The number of aryl methyl sites for hydroxylation is 1. The van der Waals surface area contributed by atoms with Gasteiger partial charge in [-0.1, -0.05) is 42.5 Å². The Hall–Kier alpha value is -4.22. The Kier molecular flexibility index (Phi) is 5.84. The average Bonchev–Trinajstić information content (AvgIpc) is 3.51. The van der Waals surface area contributed by atoms with Gasteiger partial charge in [0.05, 0.1) is 23.9 Å². The van der Waals surface area contributed by atoms with Crippen molar-refractivity contribution in [1.82, 2.24) is 9.55 Å². The van der Waals surface area contributed by atoms with E-state index in [2.05, 4.69) is 107 Å². The number of thiazole rings is 1. The number of hydrogen-bond acceptors (Lipinski definition) is 3. The third-order valence-electron chi connectivity index (χ3n) is 6.42. The molecule has 4 aromatic carbocycles. The minimum absolute atomic E-state index is 0.849. The summed E-state index contributed by atoms with van der Waals surface area (Å²) in [6.07, 6.45) is 4.36. The molecule has 0 spiro atoms. The molecule has 0 aliphatic rings. The summed E-state index contributed by atoms with van der Waals surface area (Å²) in [5.74, 6) is 1.98. The highest BCUT2D eigenvalue weighted by Gasteiger charge is 2.24. The predicted octanol–water partition coefficient (Wildman–Crippen LogP) is 7.39. The average molecular weight is 489 g/mol. The summed E-state index contributed by atoms with van der Waals surface area (Å²) in [7, 11) is 1.69. The van der Waals surface area contributed by atoms with Crippen molar-refractivity contribution in [2.24, 2.45) is 0 Å². The summed E-state index contributed by atoms with van der Waals surface area (Å²) in [6.45, 7) is 3.05. The molecule has 2 heterocycles. The minimum Gasteiger partial charge on any atom is -0.497 e. The second-order valence-electron chi connectivity index (χ2n) is 8.57. The topological polar surface area (TPSA) is 30.9 Å². The Morgan fingerprint density at radius 2 is 1.67 bits per heavy atom. The van der Waals surface area contributed by atoms with Crippen LogP contribution in [0.5, 0.6) is 5.75 Å². The molecule has 6 rings (SSSR count). The van der Waals surface area contributed by atoms with Gasteiger partial charge in [-0.2, -0.15) is 4.57 Å². The van der Waals surface area contributed by atoms with Crippen LogP contribution in [0.4, 0.5) is 0 Å². The molecule has 0 saturated carbocycles. The molecule has 0 radical (unpaired) electrons. The van der Waals surface area contributed by atoms with Crippen LogP contribution in [0.1, 0.15) is 18.3 Å². The Morgan fingerprint density at radius 3 is 2.42 bits per heavy atom. The lowest BCUT2D eigenvalue weighted by molar-refractivity contribution is -0.670. The maximum atomic E-state index is 5.32. The van der Waals surface area contributed by atoms with Crippen molar-refractivity contribution in [2.75, 3.05) is 7.11 Å². The van der Waals surface area contributed by atoms with Crippen molar-refractivity contribution in [3.63, 3.8) is 0 Å². The van der Waals surface area contributed by atoms with Gasteiger partial charge in [-0.3, -0.25) is 0 Å². The number of nitrogens with zero attached hydrogens (tertiary/aromatic N) is 3. The molecule has 0 aliphatic heterocycles. The second-order valence-corrected chi connectivity index (χ2v) is 9.60. The first-order chi connectivity index (χ1) is 17.7. The summed E-state index contributed by atoms with van der Waals surface area (Å²) < 4.78 is 11.2. The summed E-state index contributed by atoms with van der Waals surface area (Å²) in [5.41, 5.74) is 6.80. The lowest BCUT2D eigenvalue weighted by atomic mass is 10.2. The molecular weight excluding hydrogens is 462 g/mol. The van der Waals surface area contributed by atoms with Crippen LogP contribution in [0.15, 0.2) is 97.1 Å². The Balaban J connectivity index is 1.53. The molecule has 0 aliphatic carbocycles. The number of hydrogen-bond donors (Lipinski definition) is 0. The zero-order valence-corrected chi connectivity index (χ0v) is 21.1. The van der Waals surface area contributed by atoms with Gasteiger partial charge in [0.25, 0.3) is 5.82 Å². The molecule has 0 unspecified atom stereocenters. The molecule has 2 aromatic heterocycles. The van der Waals surface area contributed by atoms with E-state index in [1.54, 1.807) is 18.4 Å². The molecular formula is C31H26N3OS+. The lowest BCUT2D eigenvalue weighted by Crippen LogP contribution is -2.35. The van der Waals surface area contributed by atoms with E-state index >= 15 is 0 Å². The van der Waals surface area contributed by atoms with E-state index in [1.165, 1.54) is 15.7 Å². The van der Waals surface area contributed by atoms with Crippen molar-refractivity contribution in [2.45, 2.75) is 13.5 Å². The van der Waals surface area contributed by atoms with Crippen LogP contribution in [0.3, 0.4) is 0 Å². The lowest BCUT2D eigenvalue weighted by Gasteiger charge is -2.01. The Labute approximate surface area is 214 Å². The first-order valence-electron chi connectivity index (χ1n) is 12.1. The highest BCUT2D eigenvalue weighted by Crippen LogP contribution is 2.32. The van der Waals surface area contributed by atoms with Crippen molar-refractivity contribution in [3.05, 3.63) is 108 Å². The van der Waals surface area contributed by atoms with E-state index in [9.17, 15) is 0 Å². The maximum Gasteiger partial charge on any atom is 0.287 e. The van der Waals surface area contributed by atoms with Crippen molar-refractivity contribution >= 4 is 44.7 Å². The van der Waals surface area contributed by atoms with Gasteiger partial charge in [0.15, 0.2) is 11.0 Å². The third kappa shape index (κ3) is 3.97. The molecule has 0 fully saturated rings. The molecule has 0 atom stereocenters. The van der Waals surface area contributed by atoms with Crippen molar-refractivity contribution < 1.29 is 9.30 Å². The molecule has 0 saturated heterocycles.